The summed E-state index contributed by atoms with van der Waals surface area (Å²) >= 11 is 13.9. The molecule has 0 aliphatic carbocycles. The van der Waals surface area contributed by atoms with Gasteiger partial charge >= 0.3 is 17.1 Å². The van der Waals surface area contributed by atoms with E-state index in [0.717, 1.165) is 33.8 Å². The highest BCUT2D eigenvalue weighted by Gasteiger charge is 2.39. The Labute approximate surface area is 746 Å². The molecule has 27 nitrogen and oxygen atoms in total. The summed E-state index contributed by atoms with van der Waals surface area (Å²) < 4.78 is 41.2. The predicted octanol–water partition coefficient (Wildman–Crippen LogP) is 16.5. The van der Waals surface area contributed by atoms with E-state index >= 15 is 8.78 Å². The molecule has 0 N–H and O–H groups in total. The first-order chi connectivity index (χ1) is 60.4. The van der Waals surface area contributed by atoms with E-state index in [-0.39, 0.29) is 100 Å². The molecule has 3 saturated heterocycles. The fraction of sp³-hybridized carbons (Fsp3) is 0.365. The van der Waals surface area contributed by atoms with E-state index in [2.05, 4.69) is 74.4 Å². The van der Waals surface area contributed by atoms with Crippen LogP contribution >= 0.6 is 23.2 Å². The van der Waals surface area contributed by atoms with E-state index in [1.807, 2.05) is 171 Å². The number of methoxy groups -OCH3 is 1. The molecule has 10 aromatic heterocycles. The molecule has 12 aromatic rings. The van der Waals surface area contributed by atoms with Crippen LogP contribution in [0.3, 0.4) is 0 Å². The summed E-state index contributed by atoms with van der Waals surface area (Å²) in [7, 11) is 1.60. The first kappa shape index (κ1) is 91.8. The van der Waals surface area contributed by atoms with Gasteiger partial charge < -0.3 is 34.1 Å². The van der Waals surface area contributed by atoms with Gasteiger partial charge in [-0.1, -0.05) is 123 Å². The highest BCUT2D eigenvalue weighted by atomic mass is 35.5. The Balaban J connectivity index is 0.000000163. The number of amides is 3. The average molecular weight is 1760 g/mol. The van der Waals surface area contributed by atoms with Crippen LogP contribution in [0, 0.1) is 39.3 Å². The number of benzene rings is 2. The molecule has 31 heteroatoms. The van der Waals surface area contributed by atoms with E-state index in [1.165, 1.54) is 41.3 Å². The molecule has 0 saturated carbocycles. The lowest BCUT2D eigenvalue weighted by Gasteiger charge is -2.44. The zero-order valence-corrected chi connectivity index (χ0v) is 76.6. The maximum Gasteiger partial charge on any atom is 0.355 e. The van der Waals surface area contributed by atoms with Crippen molar-refractivity contribution in [3.8, 4) is 56.6 Å². The van der Waals surface area contributed by atoms with Crippen molar-refractivity contribution in [2.75, 3.05) is 61.1 Å². The van der Waals surface area contributed by atoms with Crippen LogP contribution in [0.25, 0.3) is 83.9 Å². The van der Waals surface area contributed by atoms with Gasteiger partial charge in [0.25, 0.3) is 0 Å². The summed E-state index contributed by atoms with van der Waals surface area (Å²) in [6.45, 7) is 48.9. The maximum absolute atomic E-state index is 16.0. The molecule has 0 radical (unpaired) electrons. The van der Waals surface area contributed by atoms with Gasteiger partial charge in [0.1, 0.15) is 46.9 Å². The Hall–Kier alpha value is -12.9. The summed E-state index contributed by atoms with van der Waals surface area (Å²) in [6.07, 6.45) is 12.3. The van der Waals surface area contributed by atoms with Crippen LogP contribution in [0.1, 0.15) is 166 Å². The molecule has 2 aromatic carbocycles. The second-order valence-corrected chi connectivity index (χ2v) is 34.8. The van der Waals surface area contributed by atoms with Crippen LogP contribution < -0.4 is 36.5 Å². The summed E-state index contributed by atoms with van der Waals surface area (Å²) in [4.78, 5) is 142. The minimum Gasteiger partial charge on any atom is -0.496 e. The molecule has 660 valence electrons. The number of para-hydroxylation sites is 1. The number of carbonyl (C=O) groups is 3. The normalized spacial score (nSPS) is 17.2. The Morgan fingerprint density at radius 3 is 1.16 bits per heavy atom. The molecular formula is C96H106Cl2F2N20O7. The monoisotopic (exact) mass is 1760 g/mol. The topological polar surface area (TPSA) is 288 Å². The second kappa shape index (κ2) is 37.7. The molecule has 15 rings (SSSR count). The molecule has 3 aliphatic heterocycles. The number of halogens is 4. The smallest absolute Gasteiger partial charge is 0.355 e. The number of nitrogens with zero attached hydrogens (tertiary/aromatic N) is 20. The van der Waals surface area contributed by atoms with Gasteiger partial charge in [-0.25, -0.2) is 61.8 Å². The SMILES string of the molecule is C=CC(=O)N1CC(C)N(c2nc(=O)n(-c3c(C)ccnc3C(C)C)c3nc(-c4c(C)cccc4F)c(F)cc23)CC1C.C=CC(=O)N1CC(C)N(c2nc(=O)n(-c3c(C)ccnc3C(C)C)c3nc(-c4ccccc4OC)c(Cl)cc23)CC1C.C=CC(=O)N1CC(C)N(c2nc(=O)n(-c3c(C)ccnc3C(C)C)c3nc(-c4cncnc4C(C)C)c(Cl)cc23)CC1C. The standard InChI is InChI=1S/C32H37ClN8O2.C32H35ClN6O3.C32H34F2N6O2/c1-9-25(42)39-14-21(8)40(15-20(39)7)30-22-12-24(33)28(23-13-34-16-36-26(23)17(2)3)37-31(22)41(32(43)38-30)29-19(6)10-11-35-27(29)18(4)5;1-8-26(40)37-16-21(6)38(17-20(37)5)30-23-15-24(33)28(22-11-9-10-12-25(22)42-7)35-31(23)39(32(41)36-30)29-19(4)13-14-34-27(29)18(2)3;1-8-25(41)38-15-21(7)39(16-20(38)6)30-22-14-24(34)28(26-18(4)10-9-11-23(26)33)36-31(22)40(32(42)37-30)29-19(5)12-13-35-27(29)17(2)3/h9-13,16-18,20-21H,1,14-15H2,2-8H3;8-15,18,20-21H,1,16-17H2,2-7H3;8-14,17,20-21H,1,15-16H2,2-7H3. The summed E-state index contributed by atoms with van der Waals surface area (Å²) in [6, 6.07) is 21.5. The average Bonchev–Trinajstić information content (AvgIpc) is 0.740. The van der Waals surface area contributed by atoms with Crippen molar-refractivity contribution in [3.05, 3.63) is 246 Å². The van der Waals surface area contributed by atoms with Gasteiger partial charge in [-0.15, -0.1) is 0 Å². The van der Waals surface area contributed by atoms with Gasteiger partial charge in [-0.05, 0) is 188 Å². The molecule has 3 amide bonds. The van der Waals surface area contributed by atoms with Crippen LogP contribution in [0.2, 0.25) is 10.0 Å². The van der Waals surface area contributed by atoms with Crippen LogP contribution in [0.4, 0.5) is 26.2 Å². The number of ether oxygens (including phenoxy) is 1. The molecule has 6 unspecified atom stereocenters. The quantitative estimate of drug-likeness (QED) is 0.0765. The molecular weight excluding hydrogens is 1650 g/mol. The third-order valence-electron chi connectivity index (χ3n) is 23.7. The Kier molecular flexibility index (Phi) is 27.3. The largest absolute Gasteiger partial charge is 0.496 e. The molecule has 6 atom stereocenters. The number of piperazine rings is 3. The van der Waals surface area contributed by atoms with Crippen molar-refractivity contribution in [1.82, 2.24) is 83.2 Å². The van der Waals surface area contributed by atoms with Crippen LogP contribution in [-0.2, 0) is 14.4 Å². The number of fused-ring (bicyclic) bond motifs is 3. The molecule has 0 spiro atoms. The Bertz CT molecular complexity index is 6530. The van der Waals surface area contributed by atoms with E-state index in [1.54, 1.807) is 80.9 Å². The van der Waals surface area contributed by atoms with Gasteiger partial charge in [0, 0.05) is 117 Å². The number of hydrogen-bond donors (Lipinski definition) is 0. The van der Waals surface area contributed by atoms with Crippen LogP contribution in [-0.4, -0.2) is 184 Å². The molecule has 3 aliphatic rings. The van der Waals surface area contributed by atoms with Crippen LogP contribution in [0.5, 0.6) is 5.75 Å². The van der Waals surface area contributed by atoms with Gasteiger partial charge in [-0.3, -0.25) is 29.3 Å². The number of pyridine rings is 6. The molecule has 127 heavy (non-hydrogen) atoms. The van der Waals surface area contributed by atoms with Gasteiger partial charge in [-0.2, -0.15) is 15.0 Å². The number of hydrogen-bond acceptors (Lipinski definition) is 21. The van der Waals surface area contributed by atoms with Crippen molar-refractivity contribution < 1.29 is 27.9 Å². The van der Waals surface area contributed by atoms with Gasteiger partial charge in [0.15, 0.2) is 16.9 Å². The molecule has 13 heterocycles. The van der Waals surface area contributed by atoms with E-state index in [4.69, 9.17) is 37.9 Å². The summed E-state index contributed by atoms with van der Waals surface area (Å²) in [5, 5.41) is 2.33. The lowest BCUT2D eigenvalue weighted by Crippen LogP contribution is -2.58. The third-order valence-corrected chi connectivity index (χ3v) is 24.3. The Morgan fingerprint density at radius 1 is 0.433 bits per heavy atom. The van der Waals surface area contributed by atoms with E-state index in [9.17, 15) is 28.8 Å². The summed E-state index contributed by atoms with van der Waals surface area (Å²) in [5.74, 6) is 0.148. The van der Waals surface area contributed by atoms with Crippen molar-refractivity contribution in [2.45, 2.75) is 185 Å². The van der Waals surface area contributed by atoms with Gasteiger partial charge in [0.2, 0.25) is 17.7 Å². The highest BCUT2D eigenvalue weighted by Crippen LogP contribution is 2.43. The fourth-order valence-corrected chi connectivity index (χ4v) is 17.8. The first-order valence-electron chi connectivity index (χ1n) is 42.5. The molecule has 3 fully saturated rings. The number of carbonyl (C=O) groups excluding carboxylic acids is 3. The number of rotatable bonds is 17. The maximum atomic E-state index is 16.0. The second-order valence-electron chi connectivity index (χ2n) is 34.0. The first-order valence-corrected chi connectivity index (χ1v) is 43.3. The fourth-order valence-electron chi connectivity index (χ4n) is 17.3. The number of anilines is 3. The van der Waals surface area contributed by atoms with Crippen molar-refractivity contribution in [1.29, 1.82) is 0 Å². The molecule has 0 bridgehead atoms. The zero-order chi connectivity index (χ0) is 91.9. The lowest BCUT2D eigenvalue weighted by molar-refractivity contribution is -0.129. The van der Waals surface area contributed by atoms with Gasteiger partial charge in [0.05, 0.1) is 84.5 Å². The lowest BCUT2D eigenvalue weighted by atomic mass is 10.0. The minimum absolute atomic E-state index is 0.0276. The third kappa shape index (κ3) is 17.7. The van der Waals surface area contributed by atoms with Crippen molar-refractivity contribution in [2.24, 2.45) is 0 Å². The van der Waals surface area contributed by atoms with E-state index in [0.29, 0.717) is 145 Å². The zero-order valence-electron chi connectivity index (χ0n) is 75.1. The predicted molar refractivity (Wildman–Crippen MR) is 497 cm³/mol. The Morgan fingerprint density at radius 2 is 0.795 bits per heavy atom. The highest BCUT2D eigenvalue weighted by molar-refractivity contribution is 6.34. The minimum atomic E-state index is -0.739. The van der Waals surface area contributed by atoms with Crippen molar-refractivity contribution >= 4 is 91.5 Å². The number of aromatic nitrogens is 14. The van der Waals surface area contributed by atoms with Crippen molar-refractivity contribution in [3.63, 3.8) is 0 Å². The number of aryl methyl sites for hydroxylation is 4. The van der Waals surface area contributed by atoms with Crippen LogP contribution in [0.15, 0.2) is 162 Å². The van der Waals surface area contributed by atoms with E-state index < -0.39 is 28.7 Å². The summed E-state index contributed by atoms with van der Waals surface area (Å²) in [5.41, 5.74) is 9.46.